The average molecular weight is 482 g/mol. The van der Waals surface area contributed by atoms with Gasteiger partial charge < -0.3 is 9.73 Å². The molecule has 1 aliphatic rings. The fourth-order valence-corrected chi connectivity index (χ4v) is 5.21. The van der Waals surface area contributed by atoms with Gasteiger partial charge in [0.15, 0.2) is 0 Å². The molecule has 0 radical (unpaired) electrons. The van der Waals surface area contributed by atoms with E-state index in [-0.39, 0.29) is 17.3 Å². The van der Waals surface area contributed by atoms with Gasteiger partial charge in [-0.1, -0.05) is 36.8 Å². The van der Waals surface area contributed by atoms with E-state index in [1.807, 2.05) is 18.2 Å². The zero-order valence-corrected chi connectivity index (χ0v) is 20.2. The number of rotatable bonds is 9. The summed E-state index contributed by atoms with van der Waals surface area (Å²) in [6.07, 6.45) is 5.24. The van der Waals surface area contributed by atoms with Gasteiger partial charge >= 0.3 is 0 Å². The van der Waals surface area contributed by atoms with Crippen LogP contribution in [-0.4, -0.2) is 32.3 Å². The summed E-state index contributed by atoms with van der Waals surface area (Å²) in [6, 6.07) is 16.1. The second-order valence-corrected chi connectivity index (χ2v) is 10.4. The Morgan fingerprint density at radius 1 is 0.971 bits per heavy atom. The van der Waals surface area contributed by atoms with Gasteiger partial charge in [-0.05, 0) is 73.8 Å². The summed E-state index contributed by atoms with van der Waals surface area (Å²) >= 11 is 0. The minimum atomic E-state index is -3.79. The smallest absolute Gasteiger partial charge is 0.251 e. The maximum absolute atomic E-state index is 13.0. The molecule has 0 atom stereocenters. The van der Waals surface area contributed by atoms with Crippen LogP contribution in [0.25, 0.3) is 0 Å². The number of benzene rings is 2. The molecular weight excluding hydrogens is 450 g/mol. The summed E-state index contributed by atoms with van der Waals surface area (Å²) in [5, 5.41) is 2.98. The SMILES string of the molecule is Cc1ccc(S(=O)(=O)NCc2ccco2)cc1C(=O)NCc1ccccc1CN1CCCCC1. The Kier molecular flexibility index (Phi) is 7.82. The normalized spacial score (nSPS) is 14.7. The van der Waals surface area contributed by atoms with Crippen LogP contribution in [0.3, 0.4) is 0 Å². The van der Waals surface area contributed by atoms with Gasteiger partial charge in [0.1, 0.15) is 5.76 Å². The van der Waals surface area contributed by atoms with Crippen LogP contribution in [0.4, 0.5) is 0 Å². The van der Waals surface area contributed by atoms with Gasteiger partial charge in [0.05, 0.1) is 17.7 Å². The minimum absolute atomic E-state index is 0.0402. The number of carbonyl (C=O) groups excluding carboxylic acids is 1. The van der Waals surface area contributed by atoms with Crippen LogP contribution in [-0.2, 0) is 29.7 Å². The van der Waals surface area contributed by atoms with E-state index in [2.05, 4.69) is 21.0 Å². The Morgan fingerprint density at radius 2 is 1.74 bits per heavy atom. The van der Waals surface area contributed by atoms with Crippen LogP contribution in [0.15, 0.2) is 70.2 Å². The lowest BCUT2D eigenvalue weighted by molar-refractivity contribution is 0.0950. The van der Waals surface area contributed by atoms with E-state index in [1.54, 1.807) is 25.1 Å². The minimum Gasteiger partial charge on any atom is -0.468 e. The van der Waals surface area contributed by atoms with E-state index in [9.17, 15) is 13.2 Å². The molecular formula is C26H31N3O4S. The fourth-order valence-electron chi connectivity index (χ4n) is 4.19. The topological polar surface area (TPSA) is 91.6 Å². The number of carbonyl (C=O) groups is 1. The van der Waals surface area contributed by atoms with E-state index < -0.39 is 10.0 Å². The largest absolute Gasteiger partial charge is 0.468 e. The van der Waals surface area contributed by atoms with Gasteiger partial charge in [-0.3, -0.25) is 9.69 Å². The Hall–Kier alpha value is -2.94. The van der Waals surface area contributed by atoms with E-state index in [1.165, 1.54) is 43.2 Å². The summed E-state index contributed by atoms with van der Waals surface area (Å²) in [4.78, 5) is 15.5. The summed E-state index contributed by atoms with van der Waals surface area (Å²) in [5.74, 6) is 0.213. The molecule has 2 aromatic carbocycles. The van der Waals surface area contributed by atoms with Crippen LogP contribution in [0.2, 0.25) is 0 Å². The Bertz CT molecular complexity index is 1220. The highest BCUT2D eigenvalue weighted by Crippen LogP contribution is 2.18. The van der Waals surface area contributed by atoms with Crippen molar-refractivity contribution >= 4 is 15.9 Å². The van der Waals surface area contributed by atoms with Gasteiger partial charge in [0, 0.05) is 18.7 Å². The molecule has 8 heteroatoms. The predicted octanol–water partition coefficient (Wildman–Crippen LogP) is 3.98. The molecule has 0 unspecified atom stereocenters. The first-order valence-corrected chi connectivity index (χ1v) is 13.1. The van der Waals surface area contributed by atoms with E-state index in [4.69, 9.17) is 4.42 Å². The summed E-state index contributed by atoms with van der Waals surface area (Å²) in [5.41, 5.74) is 3.33. The quantitative estimate of drug-likeness (QED) is 0.482. The lowest BCUT2D eigenvalue weighted by atomic mass is 10.0. The number of hydrogen-bond acceptors (Lipinski definition) is 5. The highest BCUT2D eigenvalue weighted by atomic mass is 32.2. The summed E-state index contributed by atoms with van der Waals surface area (Å²) in [7, 11) is -3.79. The number of amides is 1. The van der Waals surface area contributed by atoms with Gasteiger partial charge in [0.25, 0.3) is 5.91 Å². The zero-order valence-electron chi connectivity index (χ0n) is 19.4. The van der Waals surface area contributed by atoms with Gasteiger partial charge in [-0.25, -0.2) is 13.1 Å². The van der Waals surface area contributed by atoms with Crippen LogP contribution < -0.4 is 10.0 Å². The Balaban J connectivity index is 1.43. The molecule has 1 fully saturated rings. The number of piperidine rings is 1. The molecule has 180 valence electrons. The molecule has 1 aromatic heterocycles. The number of sulfonamides is 1. The molecule has 1 amide bonds. The van der Waals surface area contributed by atoms with Crippen molar-refractivity contribution in [2.75, 3.05) is 13.1 Å². The summed E-state index contributed by atoms with van der Waals surface area (Å²) < 4.78 is 33.2. The zero-order chi connectivity index (χ0) is 24.0. The van der Waals surface area contributed by atoms with Gasteiger partial charge in [0.2, 0.25) is 10.0 Å². The van der Waals surface area contributed by atoms with Crippen molar-refractivity contribution in [1.82, 2.24) is 14.9 Å². The Labute approximate surface area is 201 Å². The number of likely N-dealkylation sites (tertiary alicyclic amines) is 1. The standard InChI is InChI=1S/C26H31N3O4S/c1-20-11-12-24(34(31,32)28-18-23-10-7-15-33-23)16-25(20)26(30)27-17-21-8-3-4-9-22(21)19-29-13-5-2-6-14-29/h3-4,7-12,15-16,28H,2,5-6,13-14,17-19H2,1H3,(H,27,30). The highest BCUT2D eigenvalue weighted by Gasteiger charge is 2.19. The lowest BCUT2D eigenvalue weighted by Crippen LogP contribution is -2.30. The van der Waals surface area contributed by atoms with Crippen molar-refractivity contribution in [2.45, 2.75) is 50.7 Å². The molecule has 1 aliphatic heterocycles. The molecule has 34 heavy (non-hydrogen) atoms. The van der Waals surface area contributed by atoms with Crippen molar-refractivity contribution in [3.05, 3.63) is 88.9 Å². The third kappa shape index (κ3) is 6.14. The van der Waals surface area contributed by atoms with Crippen LogP contribution in [0.5, 0.6) is 0 Å². The first-order chi connectivity index (χ1) is 16.4. The number of nitrogens with zero attached hydrogens (tertiary/aromatic N) is 1. The maximum atomic E-state index is 13.0. The van der Waals surface area contributed by atoms with Crippen molar-refractivity contribution < 1.29 is 17.6 Å². The van der Waals surface area contributed by atoms with Crippen LogP contribution in [0.1, 0.15) is 52.1 Å². The highest BCUT2D eigenvalue weighted by molar-refractivity contribution is 7.89. The predicted molar refractivity (Wildman–Crippen MR) is 131 cm³/mol. The van der Waals surface area contributed by atoms with Crippen LogP contribution in [0, 0.1) is 6.92 Å². The third-order valence-corrected chi connectivity index (χ3v) is 7.58. The molecule has 0 saturated carbocycles. The lowest BCUT2D eigenvalue weighted by Gasteiger charge is -2.27. The molecule has 7 nitrogen and oxygen atoms in total. The van der Waals surface area contributed by atoms with Crippen molar-refractivity contribution in [2.24, 2.45) is 0 Å². The number of aryl methyl sites for hydroxylation is 1. The molecule has 0 aliphatic carbocycles. The van der Waals surface area contributed by atoms with Crippen LogP contribution >= 0.6 is 0 Å². The number of nitrogens with one attached hydrogen (secondary N) is 2. The van der Waals surface area contributed by atoms with E-state index >= 15 is 0 Å². The number of furan rings is 1. The molecule has 1 saturated heterocycles. The van der Waals surface area contributed by atoms with E-state index in [0.29, 0.717) is 23.4 Å². The van der Waals surface area contributed by atoms with Gasteiger partial charge in [-0.2, -0.15) is 0 Å². The second-order valence-electron chi connectivity index (χ2n) is 8.67. The van der Waals surface area contributed by atoms with E-state index in [0.717, 1.165) is 25.2 Å². The molecule has 0 spiro atoms. The molecule has 2 heterocycles. The fraction of sp³-hybridized carbons (Fsp3) is 0.346. The monoisotopic (exact) mass is 481 g/mol. The molecule has 0 bridgehead atoms. The first kappa shape index (κ1) is 24.2. The molecule has 2 N–H and O–H groups in total. The second kappa shape index (κ2) is 11.0. The first-order valence-electron chi connectivity index (χ1n) is 11.6. The number of hydrogen-bond donors (Lipinski definition) is 2. The molecule has 4 rings (SSSR count). The summed E-state index contributed by atoms with van der Waals surface area (Å²) in [6.45, 7) is 5.31. The Morgan fingerprint density at radius 3 is 2.47 bits per heavy atom. The van der Waals surface area contributed by atoms with Crippen molar-refractivity contribution in [3.63, 3.8) is 0 Å². The molecule has 3 aromatic rings. The van der Waals surface area contributed by atoms with Crippen molar-refractivity contribution in [3.8, 4) is 0 Å². The average Bonchev–Trinajstić information content (AvgIpc) is 3.37. The van der Waals surface area contributed by atoms with Gasteiger partial charge in [-0.15, -0.1) is 0 Å². The van der Waals surface area contributed by atoms with Crippen molar-refractivity contribution in [1.29, 1.82) is 0 Å². The third-order valence-electron chi connectivity index (χ3n) is 6.18. The maximum Gasteiger partial charge on any atom is 0.251 e.